The molecule has 0 spiro atoms. The van der Waals surface area contributed by atoms with E-state index in [9.17, 15) is 4.39 Å². The summed E-state index contributed by atoms with van der Waals surface area (Å²) in [7, 11) is 0. The molecule has 0 saturated carbocycles. The Balaban J connectivity index is 1.88. The van der Waals surface area contributed by atoms with Crippen molar-refractivity contribution in [2.45, 2.75) is 19.9 Å². The Labute approximate surface area is 111 Å². The van der Waals surface area contributed by atoms with Gasteiger partial charge in [-0.15, -0.1) is 0 Å². The molecule has 98 valence electrons. The molecule has 3 rings (SSSR count). The van der Waals surface area contributed by atoms with Crippen LogP contribution in [0.3, 0.4) is 0 Å². The fraction of sp³-hybridized carbons (Fsp3) is 0.267. The minimum Gasteiger partial charge on any atom is -0.398 e. The van der Waals surface area contributed by atoms with Gasteiger partial charge in [-0.3, -0.25) is 4.98 Å². The number of aryl methyl sites for hydroxylation is 1. The van der Waals surface area contributed by atoms with E-state index in [1.165, 1.54) is 17.8 Å². The molecule has 0 radical (unpaired) electrons. The second-order valence-electron chi connectivity index (χ2n) is 5.02. The van der Waals surface area contributed by atoms with Crippen molar-refractivity contribution in [1.29, 1.82) is 0 Å². The number of nitrogens with two attached hydrogens (primary N) is 1. The molecular formula is C15H16FN3. The van der Waals surface area contributed by atoms with E-state index in [4.69, 9.17) is 5.73 Å². The highest BCUT2D eigenvalue weighted by Gasteiger charge is 2.20. The average molecular weight is 257 g/mol. The maximum atomic E-state index is 13.2. The summed E-state index contributed by atoms with van der Waals surface area (Å²) in [5.74, 6) is -0.291. The first-order valence-electron chi connectivity index (χ1n) is 6.37. The minimum absolute atomic E-state index is 0.291. The second kappa shape index (κ2) is 4.53. The van der Waals surface area contributed by atoms with Crippen LogP contribution >= 0.6 is 0 Å². The third-order valence-electron chi connectivity index (χ3n) is 3.59. The van der Waals surface area contributed by atoms with Crippen LogP contribution in [0.15, 0.2) is 30.6 Å². The highest BCUT2D eigenvalue weighted by Crippen LogP contribution is 2.32. The lowest BCUT2D eigenvalue weighted by Crippen LogP contribution is -2.20. The molecule has 3 nitrogen and oxygen atoms in total. The molecule has 1 aliphatic rings. The minimum atomic E-state index is -0.291. The van der Waals surface area contributed by atoms with Crippen molar-refractivity contribution in [2.75, 3.05) is 17.2 Å². The molecule has 0 saturated heterocycles. The maximum Gasteiger partial charge on any atom is 0.141 e. The first-order valence-corrected chi connectivity index (χ1v) is 6.37. The lowest BCUT2D eigenvalue weighted by molar-refractivity contribution is 0.617. The fourth-order valence-electron chi connectivity index (χ4n) is 2.57. The van der Waals surface area contributed by atoms with Crippen LogP contribution in [0.2, 0.25) is 0 Å². The van der Waals surface area contributed by atoms with E-state index < -0.39 is 0 Å². The largest absolute Gasteiger partial charge is 0.398 e. The Morgan fingerprint density at radius 2 is 2.16 bits per heavy atom. The van der Waals surface area contributed by atoms with Crippen LogP contribution < -0.4 is 10.6 Å². The third kappa shape index (κ3) is 2.26. The van der Waals surface area contributed by atoms with Crippen molar-refractivity contribution < 1.29 is 4.39 Å². The Hall–Kier alpha value is -2.10. The number of hydrogen-bond acceptors (Lipinski definition) is 3. The first kappa shape index (κ1) is 12.0. The predicted octanol–water partition coefficient (Wildman–Crippen LogP) is 2.67. The van der Waals surface area contributed by atoms with Gasteiger partial charge >= 0.3 is 0 Å². The summed E-state index contributed by atoms with van der Waals surface area (Å²) in [5.41, 5.74) is 11.3. The summed E-state index contributed by atoms with van der Waals surface area (Å²) in [6.45, 7) is 3.63. The molecule has 0 unspecified atom stereocenters. The first-order chi connectivity index (χ1) is 9.13. The number of hydrogen-bond donors (Lipinski definition) is 1. The summed E-state index contributed by atoms with van der Waals surface area (Å²) in [5, 5.41) is 0. The van der Waals surface area contributed by atoms with Gasteiger partial charge in [-0.1, -0.05) is 6.07 Å². The number of rotatable bonds is 2. The number of nitrogens with zero attached hydrogens (tertiary/aromatic N) is 2. The Bertz CT molecular complexity index is 625. The Kier molecular flexibility index (Phi) is 2.85. The normalized spacial score (nSPS) is 13.7. The lowest BCUT2D eigenvalue weighted by atomic mass is 10.1. The molecule has 1 aromatic heterocycles. The molecule has 0 amide bonds. The van der Waals surface area contributed by atoms with Gasteiger partial charge < -0.3 is 10.6 Å². The summed E-state index contributed by atoms with van der Waals surface area (Å²) < 4.78 is 13.2. The Morgan fingerprint density at radius 1 is 1.32 bits per heavy atom. The van der Waals surface area contributed by atoms with Gasteiger partial charge in [0.05, 0.1) is 6.20 Å². The van der Waals surface area contributed by atoms with Gasteiger partial charge in [-0.2, -0.15) is 0 Å². The van der Waals surface area contributed by atoms with Crippen molar-refractivity contribution in [1.82, 2.24) is 4.98 Å². The van der Waals surface area contributed by atoms with Gasteiger partial charge in [-0.25, -0.2) is 4.39 Å². The van der Waals surface area contributed by atoms with E-state index >= 15 is 0 Å². The maximum absolute atomic E-state index is 13.2. The summed E-state index contributed by atoms with van der Waals surface area (Å²) >= 11 is 0. The zero-order valence-corrected chi connectivity index (χ0v) is 10.9. The van der Waals surface area contributed by atoms with E-state index in [1.54, 1.807) is 6.20 Å². The fourth-order valence-corrected chi connectivity index (χ4v) is 2.57. The Morgan fingerprint density at radius 3 is 2.95 bits per heavy atom. The van der Waals surface area contributed by atoms with Crippen LogP contribution in [0.25, 0.3) is 0 Å². The number of halogens is 1. The molecule has 2 N–H and O–H groups in total. The number of anilines is 2. The molecule has 4 heteroatoms. The van der Waals surface area contributed by atoms with Crippen LogP contribution in [0, 0.1) is 12.7 Å². The summed E-state index contributed by atoms with van der Waals surface area (Å²) in [4.78, 5) is 6.11. The number of pyridine rings is 1. The highest BCUT2D eigenvalue weighted by molar-refractivity contribution is 5.67. The molecule has 0 bridgehead atoms. The van der Waals surface area contributed by atoms with E-state index in [-0.39, 0.29) is 5.82 Å². The molecule has 19 heavy (non-hydrogen) atoms. The molecular weight excluding hydrogens is 241 g/mol. The molecule has 1 aliphatic heterocycles. The topological polar surface area (TPSA) is 42.1 Å². The lowest BCUT2D eigenvalue weighted by Gasteiger charge is -2.20. The van der Waals surface area contributed by atoms with Gasteiger partial charge in [0.25, 0.3) is 0 Å². The van der Waals surface area contributed by atoms with E-state index in [0.29, 0.717) is 6.54 Å². The zero-order chi connectivity index (χ0) is 13.4. The number of benzene rings is 1. The predicted molar refractivity (Wildman–Crippen MR) is 74.5 cm³/mol. The van der Waals surface area contributed by atoms with Crippen molar-refractivity contribution in [3.05, 3.63) is 53.1 Å². The smallest absolute Gasteiger partial charge is 0.141 e. The van der Waals surface area contributed by atoms with Crippen LogP contribution in [-0.2, 0) is 13.0 Å². The van der Waals surface area contributed by atoms with E-state index in [2.05, 4.69) is 16.0 Å². The quantitative estimate of drug-likeness (QED) is 0.841. The second-order valence-corrected chi connectivity index (χ2v) is 5.02. The zero-order valence-electron chi connectivity index (χ0n) is 10.9. The van der Waals surface area contributed by atoms with Crippen molar-refractivity contribution in [2.24, 2.45) is 0 Å². The van der Waals surface area contributed by atoms with E-state index in [1.807, 2.05) is 13.0 Å². The van der Waals surface area contributed by atoms with Crippen LogP contribution in [-0.4, -0.2) is 11.5 Å². The monoisotopic (exact) mass is 257 g/mol. The number of nitrogen functional groups attached to an aromatic ring is 1. The average Bonchev–Trinajstić information content (AvgIpc) is 2.73. The van der Waals surface area contributed by atoms with Crippen molar-refractivity contribution in [3.8, 4) is 0 Å². The SMILES string of the molecule is Cc1cc2c(cc1N)N(Cc1cncc(F)c1)CC2. The number of aromatic nitrogens is 1. The van der Waals surface area contributed by atoms with Crippen molar-refractivity contribution >= 4 is 11.4 Å². The summed E-state index contributed by atoms with van der Waals surface area (Å²) in [6, 6.07) is 5.70. The van der Waals surface area contributed by atoms with Crippen LogP contribution in [0.5, 0.6) is 0 Å². The summed E-state index contributed by atoms with van der Waals surface area (Å²) in [6.07, 6.45) is 3.95. The molecule has 2 heterocycles. The van der Waals surface area contributed by atoms with Gasteiger partial charge in [0, 0.05) is 30.7 Å². The molecule has 0 fully saturated rings. The van der Waals surface area contributed by atoms with Crippen LogP contribution in [0.4, 0.5) is 15.8 Å². The van der Waals surface area contributed by atoms with Crippen molar-refractivity contribution in [3.63, 3.8) is 0 Å². The van der Waals surface area contributed by atoms with Gasteiger partial charge in [0.2, 0.25) is 0 Å². The molecule has 0 atom stereocenters. The number of fused-ring (bicyclic) bond motifs is 1. The highest BCUT2D eigenvalue weighted by atomic mass is 19.1. The standard InChI is InChI=1S/C15H16FN3/c1-10-4-12-2-3-19(15(12)6-14(10)17)9-11-5-13(16)8-18-7-11/h4-8H,2-3,9,17H2,1H3. The van der Waals surface area contributed by atoms with Gasteiger partial charge in [0.15, 0.2) is 0 Å². The van der Waals surface area contributed by atoms with Gasteiger partial charge in [-0.05, 0) is 42.2 Å². The molecule has 2 aromatic rings. The van der Waals surface area contributed by atoms with E-state index in [0.717, 1.165) is 35.5 Å². The van der Waals surface area contributed by atoms with Gasteiger partial charge in [0.1, 0.15) is 5.82 Å². The molecule has 1 aromatic carbocycles. The molecule has 0 aliphatic carbocycles. The van der Waals surface area contributed by atoms with Crippen LogP contribution in [0.1, 0.15) is 16.7 Å². The third-order valence-corrected chi connectivity index (χ3v) is 3.59.